The third-order valence-corrected chi connectivity index (χ3v) is 4.98. The van der Waals surface area contributed by atoms with Gasteiger partial charge >= 0.3 is 0 Å². The number of fused-ring (bicyclic) bond motifs is 3. The van der Waals surface area contributed by atoms with Gasteiger partial charge in [0.1, 0.15) is 0 Å². The van der Waals surface area contributed by atoms with Crippen molar-refractivity contribution < 1.29 is 4.84 Å². The third-order valence-electron chi connectivity index (χ3n) is 4.98. The van der Waals surface area contributed by atoms with E-state index in [9.17, 15) is 0 Å². The molecule has 112 valence electrons. The predicted molar refractivity (Wildman–Crippen MR) is 88.0 cm³/mol. The lowest BCUT2D eigenvalue weighted by Crippen LogP contribution is -2.43. The molecule has 4 rings (SSSR count). The van der Waals surface area contributed by atoms with Crippen LogP contribution in [0.2, 0.25) is 0 Å². The number of oxime groups is 1. The van der Waals surface area contributed by atoms with Crippen LogP contribution < -0.4 is 0 Å². The first-order chi connectivity index (χ1) is 10.7. The highest BCUT2D eigenvalue weighted by Gasteiger charge is 2.45. The quantitative estimate of drug-likeness (QED) is 0.797. The highest BCUT2D eigenvalue weighted by Crippen LogP contribution is 2.44. The first-order valence-electron chi connectivity index (χ1n) is 7.78. The van der Waals surface area contributed by atoms with E-state index in [0.717, 1.165) is 11.3 Å². The Balaban J connectivity index is 1.82. The van der Waals surface area contributed by atoms with E-state index >= 15 is 0 Å². The fourth-order valence-corrected chi connectivity index (χ4v) is 3.54. The van der Waals surface area contributed by atoms with Crippen molar-refractivity contribution in [2.75, 3.05) is 7.05 Å². The summed E-state index contributed by atoms with van der Waals surface area (Å²) in [6, 6.07) is 17.5. The molecule has 0 aliphatic carbocycles. The number of nitrogens with zero attached hydrogens (tertiary/aromatic N) is 2. The van der Waals surface area contributed by atoms with E-state index in [2.05, 4.69) is 79.5 Å². The van der Waals surface area contributed by atoms with E-state index in [4.69, 9.17) is 4.84 Å². The lowest BCUT2D eigenvalue weighted by molar-refractivity contribution is -0.0578. The molecule has 2 aromatic carbocycles. The van der Waals surface area contributed by atoms with Crippen LogP contribution in [0.25, 0.3) is 0 Å². The molecule has 3 heteroatoms. The van der Waals surface area contributed by atoms with Crippen molar-refractivity contribution >= 4 is 5.71 Å². The smallest absolute Gasteiger partial charge is 0.194 e. The molecule has 0 saturated heterocycles. The first-order valence-corrected chi connectivity index (χ1v) is 7.78. The van der Waals surface area contributed by atoms with Crippen molar-refractivity contribution in [1.29, 1.82) is 0 Å². The molecule has 0 aromatic heterocycles. The minimum absolute atomic E-state index is 0.0128. The molecule has 22 heavy (non-hydrogen) atoms. The van der Waals surface area contributed by atoms with Gasteiger partial charge in [-0.05, 0) is 32.0 Å². The van der Waals surface area contributed by atoms with Crippen molar-refractivity contribution in [3.8, 4) is 0 Å². The zero-order valence-corrected chi connectivity index (χ0v) is 13.2. The van der Waals surface area contributed by atoms with Crippen LogP contribution >= 0.6 is 0 Å². The maximum atomic E-state index is 5.81. The van der Waals surface area contributed by atoms with Gasteiger partial charge < -0.3 is 4.84 Å². The van der Waals surface area contributed by atoms with Gasteiger partial charge in [-0.15, -0.1) is 0 Å². The molecular formula is C19H20N2O. The lowest BCUT2D eigenvalue weighted by Gasteiger charge is -2.39. The Kier molecular flexibility index (Phi) is 3.05. The monoisotopic (exact) mass is 292 g/mol. The van der Waals surface area contributed by atoms with E-state index in [1.807, 2.05) is 0 Å². The van der Waals surface area contributed by atoms with Gasteiger partial charge in [0.05, 0.1) is 11.6 Å². The minimum Gasteiger partial charge on any atom is -0.375 e. The second-order valence-electron chi connectivity index (χ2n) is 6.29. The van der Waals surface area contributed by atoms with Gasteiger partial charge in [0.25, 0.3) is 0 Å². The molecular weight excluding hydrogens is 272 g/mol. The van der Waals surface area contributed by atoms with E-state index < -0.39 is 0 Å². The molecule has 2 aliphatic heterocycles. The minimum atomic E-state index is -0.0128. The number of hydrogen-bond donors (Lipinski definition) is 0. The highest BCUT2D eigenvalue weighted by atomic mass is 16.7. The van der Waals surface area contributed by atoms with E-state index in [-0.39, 0.29) is 12.1 Å². The standard InChI is InChI=1S/C19H20N2O/c1-12-8-10-14(11-9-12)18-17-16-7-5-4-6-15(16)13(2)21(3)19(17)22-20-18/h4-11,13,17,19H,1-3H3/t13-,17+,19-/m0/s1. The second kappa shape index (κ2) is 4.96. The summed E-state index contributed by atoms with van der Waals surface area (Å²) in [7, 11) is 2.12. The maximum Gasteiger partial charge on any atom is 0.194 e. The molecule has 0 unspecified atom stereocenters. The summed E-state index contributed by atoms with van der Waals surface area (Å²) in [5, 5.41) is 4.44. The Morgan fingerprint density at radius 2 is 1.68 bits per heavy atom. The summed E-state index contributed by atoms with van der Waals surface area (Å²) in [6.45, 7) is 4.33. The van der Waals surface area contributed by atoms with Crippen LogP contribution in [0.15, 0.2) is 53.7 Å². The normalized spacial score (nSPS) is 26.9. The zero-order chi connectivity index (χ0) is 15.3. The molecule has 0 radical (unpaired) electrons. The Morgan fingerprint density at radius 3 is 2.41 bits per heavy atom. The topological polar surface area (TPSA) is 24.8 Å². The SMILES string of the molecule is Cc1ccc(C2=NO[C@H]3[C@@H]2c2ccccc2[C@H](C)N3C)cc1. The van der Waals surface area contributed by atoms with Crippen LogP contribution in [-0.2, 0) is 4.84 Å². The van der Waals surface area contributed by atoms with Gasteiger partial charge in [-0.2, -0.15) is 0 Å². The average Bonchev–Trinajstić information content (AvgIpc) is 2.98. The first kappa shape index (κ1) is 13.5. The number of aryl methyl sites for hydroxylation is 1. The van der Waals surface area contributed by atoms with Gasteiger partial charge in [0, 0.05) is 11.6 Å². The molecule has 2 aromatic rings. The fourth-order valence-electron chi connectivity index (χ4n) is 3.54. The molecule has 3 nitrogen and oxygen atoms in total. The third kappa shape index (κ3) is 1.89. The van der Waals surface area contributed by atoms with Gasteiger partial charge in [0.15, 0.2) is 6.23 Å². The molecule has 0 N–H and O–H groups in total. The Labute approximate surface area is 131 Å². The van der Waals surface area contributed by atoms with Crippen molar-refractivity contribution in [3.63, 3.8) is 0 Å². The van der Waals surface area contributed by atoms with Gasteiger partial charge in [-0.1, -0.05) is 59.3 Å². The Bertz CT molecular complexity index is 735. The largest absolute Gasteiger partial charge is 0.375 e. The zero-order valence-electron chi connectivity index (χ0n) is 13.2. The summed E-state index contributed by atoms with van der Waals surface area (Å²) in [4.78, 5) is 8.08. The molecule has 0 fully saturated rings. The van der Waals surface area contributed by atoms with Gasteiger partial charge in [-0.25, -0.2) is 0 Å². The van der Waals surface area contributed by atoms with Crippen molar-refractivity contribution in [2.24, 2.45) is 5.16 Å². The molecule has 3 atom stereocenters. The predicted octanol–water partition coefficient (Wildman–Crippen LogP) is 3.85. The van der Waals surface area contributed by atoms with Crippen molar-refractivity contribution in [1.82, 2.24) is 4.90 Å². The van der Waals surface area contributed by atoms with Gasteiger partial charge in [-0.3, -0.25) is 4.90 Å². The van der Waals surface area contributed by atoms with Crippen LogP contribution in [-0.4, -0.2) is 23.9 Å². The van der Waals surface area contributed by atoms with Crippen LogP contribution in [0.1, 0.15) is 41.1 Å². The Morgan fingerprint density at radius 1 is 1.00 bits per heavy atom. The summed E-state index contributed by atoms with van der Waals surface area (Å²) >= 11 is 0. The van der Waals surface area contributed by atoms with Gasteiger partial charge in [0.2, 0.25) is 0 Å². The lowest BCUT2D eigenvalue weighted by atomic mass is 9.80. The molecule has 2 heterocycles. The van der Waals surface area contributed by atoms with Crippen LogP contribution in [0.4, 0.5) is 0 Å². The number of benzene rings is 2. The van der Waals surface area contributed by atoms with Crippen molar-refractivity contribution in [3.05, 3.63) is 70.8 Å². The average molecular weight is 292 g/mol. The molecule has 0 spiro atoms. The molecule has 0 bridgehead atoms. The molecule has 0 saturated carbocycles. The molecule has 2 aliphatic rings. The maximum absolute atomic E-state index is 5.81. The number of hydrogen-bond acceptors (Lipinski definition) is 3. The number of likely N-dealkylation sites (N-methyl/N-ethyl adjacent to an activating group) is 1. The fraction of sp³-hybridized carbons (Fsp3) is 0.316. The van der Waals surface area contributed by atoms with Crippen LogP contribution in [0, 0.1) is 6.92 Å². The summed E-state index contributed by atoms with van der Waals surface area (Å²) < 4.78 is 0. The van der Waals surface area contributed by atoms with Crippen molar-refractivity contribution in [2.45, 2.75) is 32.0 Å². The summed E-state index contributed by atoms with van der Waals surface area (Å²) in [6.07, 6.45) is -0.0128. The van der Waals surface area contributed by atoms with Crippen LogP contribution in [0.3, 0.4) is 0 Å². The van der Waals surface area contributed by atoms with E-state index in [1.165, 1.54) is 16.7 Å². The van der Waals surface area contributed by atoms with E-state index in [0.29, 0.717) is 6.04 Å². The molecule has 0 amide bonds. The van der Waals surface area contributed by atoms with Crippen LogP contribution in [0.5, 0.6) is 0 Å². The summed E-state index contributed by atoms with van der Waals surface area (Å²) in [5.74, 6) is 0.181. The van der Waals surface area contributed by atoms with E-state index in [1.54, 1.807) is 0 Å². The highest BCUT2D eigenvalue weighted by molar-refractivity contribution is 6.06. The second-order valence-corrected chi connectivity index (χ2v) is 6.29. The Hall–Kier alpha value is -2.13. The summed E-state index contributed by atoms with van der Waals surface area (Å²) in [5.41, 5.74) is 6.16. The number of rotatable bonds is 1.